The summed E-state index contributed by atoms with van der Waals surface area (Å²) in [6, 6.07) is 7.29. The van der Waals surface area contributed by atoms with E-state index in [1.165, 1.54) is 4.90 Å². The van der Waals surface area contributed by atoms with Gasteiger partial charge in [0, 0.05) is 29.0 Å². The molecule has 0 saturated heterocycles. The van der Waals surface area contributed by atoms with Crippen LogP contribution in [0.2, 0.25) is 0 Å². The lowest BCUT2D eigenvalue weighted by Gasteiger charge is -2.14. The molecule has 0 spiro atoms. The van der Waals surface area contributed by atoms with E-state index in [0.717, 1.165) is 16.2 Å². The molecule has 2 aromatic rings. The Labute approximate surface area is 145 Å². The number of hydrogen-bond donors (Lipinski definition) is 2. The van der Waals surface area contributed by atoms with Crippen LogP contribution < -0.4 is 11.5 Å². The lowest BCUT2D eigenvalue weighted by Crippen LogP contribution is -2.16. The molecule has 0 radical (unpaired) electrons. The lowest BCUT2D eigenvalue weighted by atomic mass is 10.1. The predicted molar refractivity (Wildman–Crippen MR) is 93.6 cm³/mol. The van der Waals surface area contributed by atoms with Gasteiger partial charge in [-0.3, -0.25) is 4.79 Å². The fourth-order valence-corrected chi connectivity index (χ4v) is 3.11. The third kappa shape index (κ3) is 3.72. The number of rotatable bonds is 2. The van der Waals surface area contributed by atoms with Crippen LogP contribution in [0.15, 0.2) is 27.6 Å². The molecule has 0 atom stereocenters. The Morgan fingerprint density at radius 1 is 1.35 bits per heavy atom. The quantitative estimate of drug-likeness (QED) is 0.752. The van der Waals surface area contributed by atoms with E-state index >= 15 is 0 Å². The number of anilines is 2. The monoisotopic (exact) mass is 392 g/mol. The predicted octanol–water partition coefficient (Wildman–Crippen LogP) is 2.72. The lowest BCUT2D eigenvalue weighted by molar-refractivity contribution is 0.241. The summed E-state index contributed by atoms with van der Waals surface area (Å²) in [4.78, 5) is 22.0. The molecule has 1 aromatic heterocycles. The van der Waals surface area contributed by atoms with Gasteiger partial charge < -0.3 is 16.4 Å². The Kier molecular flexibility index (Phi) is 5.08. The van der Waals surface area contributed by atoms with Gasteiger partial charge in [0.05, 0.1) is 5.69 Å². The minimum absolute atomic E-state index is 0.00723. The fraction of sp³-hybridized carbons (Fsp3) is 0.143. The molecular weight excluding hydrogens is 380 g/mol. The number of thioether (sulfide) groups is 1. The van der Waals surface area contributed by atoms with Crippen molar-refractivity contribution in [2.45, 2.75) is 4.90 Å². The molecule has 0 unspecified atom stereocenters. The molecule has 1 aromatic carbocycles. The maximum atomic E-state index is 12.0. The number of nitrogens with two attached hydrogens (primary N) is 2. The van der Waals surface area contributed by atoms with Crippen LogP contribution in [0, 0.1) is 11.3 Å². The molecule has 2 rings (SSSR count). The average Bonchev–Trinajstić information content (AvgIpc) is 2.46. The van der Waals surface area contributed by atoms with E-state index in [4.69, 9.17) is 11.5 Å². The molecule has 4 N–H and O–H groups in total. The summed E-state index contributed by atoms with van der Waals surface area (Å²) in [5.41, 5.74) is 12.4. The second-order valence-electron chi connectivity index (χ2n) is 4.71. The molecule has 1 heterocycles. The van der Waals surface area contributed by atoms with Crippen molar-refractivity contribution in [2.24, 2.45) is 0 Å². The van der Waals surface area contributed by atoms with E-state index in [2.05, 4.69) is 25.9 Å². The smallest absolute Gasteiger partial charge is 0.285 e. The van der Waals surface area contributed by atoms with E-state index < -0.39 is 0 Å². The summed E-state index contributed by atoms with van der Waals surface area (Å²) in [6.45, 7) is 0. The highest BCUT2D eigenvalue weighted by Gasteiger charge is 2.19. The molecule has 1 amide bonds. The highest BCUT2D eigenvalue weighted by Crippen LogP contribution is 2.36. The van der Waals surface area contributed by atoms with Gasteiger partial charge in [-0.25, -0.2) is 4.98 Å². The summed E-state index contributed by atoms with van der Waals surface area (Å²) in [7, 11) is 3.32. The number of nitrogens with zero attached hydrogens (tertiary/aromatic N) is 4. The van der Waals surface area contributed by atoms with Crippen LogP contribution >= 0.6 is 27.7 Å². The van der Waals surface area contributed by atoms with Gasteiger partial charge in [-0.2, -0.15) is 10.2 Å². The van der Waals surface area contributed by atoms with Gasteiger partial charge in [0.2, 0.25) is 5.95 Å². The largest absolute Gasteiger partial charge is 0.382 e. The maximum absolute atomic E-state index is 12.0. The van der Waals surface area contributed by atoms with Gasteiger partial charge in [0.25, 0.3) is 5.24 Å². The zero-order valence-corrected chi connectivity index (χ0v) is 14.8. The highest BCUT2D eigenvalue weighted by molar-refractivity contribution is 9.10. The van der Waals surface area contributed by atoms with E-state index in [-0.39, 0.29) is 22.6 Å². The molecule has 0 saturated carbocycles. The number of aromatic nitrogens is 2. The van der Waals surface area contributed by atoms with Crippen molar-refractivity contribution in [1.82, 2.24) is 14.9 Å². The van der Waals surface area contributed by atoms with Gasteiger partial charge in [-0.15, -0.1) is 0 Å². The molecule has 0 fully saturated rings. The summed E-state index contributed by atoms with van der Waals surface area (Å²) < 4.78 is 0.795. The summed E-state index contributed by atoms with van der Waals surface area (Å²) in [5.74, 6) is -0.0258. The second kappa shape index (κ2) is 6.85. The van der Waals surface area contributed by atoms with Crippen LogP contribution in [-0.4, -0.2) is 34.2 Å². The number of amides is 1. The van der Waals surface area contributed by atoms with E-state index in [1.807, 2.05) is 6.07 Å². The van der Waals surface area contributed by atoms with Crippen molar-refractivity contribution >= 4 is 44.7 Å². The number of halogens is 1. The normalized spacial score (nSPS) is 10.2. The number of nitriles is 1. The van der Waals surface area contributed by atoms with Crippen LogP contribution in [0.5, 0.6) is 0 Å². The minimum Gasteiger partial charge on any atom is -0.382 e. The summed E-state index contributed by atoms with van der Waals surface area (Å²) in [5, 5.41) is 9.17. The standard InChI is InChI=1S/C14H13BrN6OS/c1-21(2)14(22)23-10-5-7(15)3-4-8(10)11-9(6-16)12(17)20-13(18)19-11/h3-5H,1-2H3,(H4,17,18,19,20). The minimum atomic E-state index is -0.155. The highest BCUT2D eigenvalue weighted by atomic mass is 79.9. The Balaban J connectivity index is 2.65. The third-order valence-corrected chi connectivity index (χ3v) is 4.42. The zero-order chi connectivity index (χ0) is 17.1. The van der Waals surface area contributed by atoms with Crippen LogP contribution in [0.4, 0.5) is 16.6 Å². The van der Waals surface area contributed by atoms with Crippen molar-refractivity contribution in [2.75, 3.05) is 25.6 Å². The van der Waals surface area contributed by atoms with Crippen LogP contribution in [0.1, 0.15) is 5.56 Å². The first-order valence-corrected chi connectivity index (χ1v) is 7.96. The van der Waals surface area contributed by atoms with Gasteiger partial charge in [0.1, 0.15) is 17.5 Å². The Morgan fingerprint density at radius 3 is 2.65 bits per heavy atom. The number of nitrogen functional groups attached to an aromatic ring is 2. The molecule has 7 nitrogen and oxygen atoms in total. The molecule has 0 bridgehead atoms. The number of carbonyl (C=O) groups excluding carboxylic acids is 1. The van der Waals surface area contributed by atoms with Gasteiger partial charge in [0.15, 0.2) is 0 Å². The van der Waals surface area contributed by atoms with Gasteiger partial charge >= 0.3 is 0 Å². The van der Waals surface area contributed by atoms with Crippen LogP contribution in [-0.2, 0) is 0 Å². The average molecular weight is 393 g/mol. The van der Waals surface area contributed by atoms with Crippen molar-refractivity contribution in [3.63, 3.8) is 0 Å². The second-order valence-corrected chi connectivity index (χ2v) is 6.61. The van der Waals surface area contributed by atoms with Crippen molar-refractivity contribution < 1.29 is 4.79 Å². The molecular formula is C14H13BrN6OS. The summed E-state index contributed by atoms with van der Waals surface area (Å²) in [6.07, 6.45) is 0. The molecule has 118 valence electrons. The van der Waals surface area contributed by atoms with Crippen molar-refractivity contribution in [3.8, 4) is 17.3 Å². The number of benzene rings is 1. The molecule has 0 aliphatic rings. The molecule has 0 aliphatic carbocycles. The van der Waals surface area contributed by atoms with Gasteiger partial charge in [-0.05, 0) is 23.9 Å². The molecule has 0 aliphatic heterocycles. The Hall–Kier alpha value is -2.31. The van der Waals surface area contributed by atoms with Crippen molar-refractivity contribution in [1.29, 1.82) is 5.26 Å². The Morgan fingerprint density at radius 2 is 2.04 bits per heavy atom. The maximum Gasteiger partial charge on any atom is 0.285 e. The molecule has 9 heteroatoms. The van der Waals surface area contributed by atoms with Crippen molar-refractivity contribution in [3.05, 3.63) is 28.2 Å². The molecule has 23 heavy (non-hydrogen) atoms. The first-order chi connectivity index (χ1) is 10.8. The van der Waals surface area contributed by atoms with E-state index in [1.54, 1.807) is 32.3 Å². The number of hydrogen-bond acceptors (Lipinski definition) is 7. The first-order valence-electron chi connectivity index (χ1n) is 6.35. The van der Waals surface area contributed by atoms with E-state index in [9.17, 15) is 10.1 Å². The van der Waals surface area contributed by atoms with Gasteiger partial charge in [-0.1, -0.05) is 22.0 Å². The van der Waals surface area contributed by atoms with E-state index in [0.29, 0.717) is 16.2 Å². The summed E-state index contributed by atoms with van der Waals surface area (Å²) >= 11 is 4.40. The van der Waals surface area contributed by atoms with Crippen LogP contribution in [0.25, 0.3) is 11.3 Å². The number of carbonyl (C=O) groups is 1. The third-order valence-electron chi connectivity index (χ3n) is 2.83. The SMILES string of the molecule is CN(C)C(=O)Sc1cc(Br)ccc1-c1nc(N)nc(N)c1C#N. The van der Waals surface area contributed by atoms with Crippen LogP contribution in [0.3, 0.4) is 0 Å². The first kappa shape index (κ1) is 17.1. The fourth-order valence-electron chi connectivity index (χ4n) is 1.76. The zero-order valence-electron chi connectivity index (χ0n) is 12.4. The Bertz CT molecular complexity index is 818. The topological polar surface area (TPSA) is 122 Å².